The molecule has 0 bridgehead atoms. The molecular weight excluding hydrogens is 340 g/mol. The van der Waals surface area contributed by atoms with Crippen molar-refractivity contribution in [3.63, 3.8) is 0 Å². The van der Waals surface area contributed by atoms with Gasteiger partial charge in [0.1, 0.15) is 5.75 Å². The lowest BCUT2D eigenvalue weighted by atomic mass is 10.2. The minimum Gasteiger partial charge on any atom is -0.484 e. The SMILES string of the molecule is O=C(COc1ccc(Cl)cc1)Nc1ccc(C(=O)N2CCCC2)cc1. The molecule has 5 nitrogen and oxygen atoms in total. The zero-order chi connectivity index (χ0) is 17.6. The van der Waals surface area contributed by atoms with Gasteiger partial charge in [-0.25, -0.2) is 0 Å². The Kier molecular flexibility index (Phi) is 5.56. The third-order valence-electron chi connectivity index (χ3n) is 3.99. The van der Waals surface area contributed by atoms with Gasteiger partial charge in [-0.15, -0.1) is 0 Å². The van der Waals surface area contributed by atoms with Crippen molar-refractivity contribution < 1.29 is 14.3 Å². The van der Waals surface area contributed by atoms with Gasteiger partial charge in [-0.2, -0.15) is 0 Å². The maximum atomic E-state index is 12.3. The van der Waals surface area contributed by atoms with E-state index in [-0.39, 0.29) is 18.4 Å². The number of ether oxygens (including phenoxy) is 1. The number of anilines is 1. The molecule has 1 fully saturated rings. The van der Waals surface area contributed by atoms with E-state index in [1.54, 1.807) is 48.5 Å². The molecule has 1 heterocycles. The molecule has 0 spiro atoms. The Hall–Kier alpha value is -2.53. The monoisotopic (exact) mass is 358 g/mol. The molecule has 0 saturated carbocycles. The molecule has 2 amide bonds. The van der Waals surface area contributed by atoms with Gasteiger partial charge in [0, 0.05) is 29.4 Å². The van der Waals surface area contributed by atoms with E-state index in [9.17, 15) is 9.59 Å². The molecule has 3 rings (SSSR count). The fourth-order valence-corrected chi connectivity index (χ4v) is 2.80. The highest BCUT2D eigenvalue weighted by atomic mass is 35.5. The summed E-state index contributed by atoms with van der Waals surface area (Å²) >= 11 is 5.80. The van der Waals surface area contributed by atoms with Crippen molar-refractivity contribution in [1.82, 2.24) is 4.90 Å². The number of halogens is 1. The van der Waals surface area contributed by atoms with Gasteiger partial charge in [0.05, 0.1) is 0 Å². The van der Waals surface area contributed by atoms with Crippen molar-refractivity contribution in [2.75, 3.05) is 25.0 Å². The average molecular weight is 359 g/mol. The van der Waals surface area contributed by atoms with Gasteiger partial charge >= 0.3 is 0 Å². The Morgan fingerprint density at radius 2 is 1.64 bits per heavy atom. The molecule has 0 radical (unpaired) electrons. The number of likely N-dealkylation sites (tertiary alicyclic amines) is 1. The van der Waals surface area contributed by atoms with Crippen molar-refractivity contribution in [3.05, 3.63) is 59.1 Å². The number of rotatable bonds is 5. The Bertz CT molecular complexity index is 738. The molecule has 1 aliphatic heterocycles. The van der Waals surface area contributed by atoms with E-state index < -0.39 is 0 Å². The van der Waals surface area contributed by atoms with Crippen LogP contribution in [0.25, 0.3) is 0 Å². The lowest BCUT2D eigenvalue weighted by Gasteiger charge is -2.15. The second-order valence-electron chi connectivity index (χ2n) is 5.87. The van der Waals surface area contributed by atoms with Crippen LogP contribution < -0.4 is 10.1 Å². The van der Waals surface area contributed by atoms with E-state index in [4.69, 9.17) is 16.3 Å². The summed E-state index contributed by atoms with van der Waals surface area (Å²) in [7, 11) is 0. The van der Waals surface area contributed by atoms with Gasteiger partial charge in [0.2, 0.25) is 0 Å². The summed E-state index contributed by atoms with van der Waals surface area (Å²) in [5, 5.41) is 3.36. The number of nitrogens with zero attached hydrogens (tertiary/aromatic N) is 1. The standard InChI is InChI=1S/C19H19ClN2O3/c20-15-5-9-17(10-6-15)25-13-18(23)21-16-7-3-14(4-8-16)19(24)22-11-1-2-12-22/h3-10H,1-2,11-13H2,(H,21,23). The maximum Gasteiger partial charge on any atom is 0.262 e. The number of hydrogen-bond acceptors (Lipinski definition) is 3. The molecular formula is C19H19ClN2O3. The lowest BCUT2D eigenvalue weighted by molar-refractivity contribution is -0.118. The summed E-state index contributed by atoms with van der Waals surface area (Å²) in [6.45, 7) is 1.54. The van der Waals surface area contributed by atoms with Crippen LogP contribution in [0.15, 0.2) is 48.5 Å². The highest BCUT2D eigenvalue weighted by Gasteiger charge is 2.19. The van der Waals surface area contributed by atoms with Gasteiger partial charge in [0.25, 0.3) is 11.8 Å². The summed E-state index contributed by atoms with van der Waals surface area (Å²) in [5.74, 6) is 0.348. The van der Waals surface area contributed by atoms with Crippen LogP contribution in [0, 0.1) is 0 Å². The predicted octanol–water partition coefficient (Wildman–Crippen LogP) is 3.59. The molecule has 2 aromatic rings. The van der Waals surface area contributed by atoms with Crippen molar-refractivity contribution in [3.8, 4) is 5.75 Å². The van der Waals surface area contributed by atoms with E-state index >= 15 is 0 Å². The van der Waals surface area contributed by atoms with Crippen LogP contribution in [0.5, 0.6) is 5.75 Å². The topological polar surface area (TPSA) is 58.6 Å². The molecule has 0 unspecified atom stereocenters. The van der Waals surface area contributed by atoms with E-state index in [0.29, 0.717) is 22.0 Å². The first-order chi connectivity index (χ1) is 12.1. The highest BCUT2D eigenvalue weighted by Crippen LogP contribution is 2.17. The Morgan fingerprint density at radius 3 is 2.28 bits per heavy atom. The second kappa shape index (κ2) is 8.03. The first kappa shape index (κ1) is 17.3. The second-order valence-corrected chi connectivity index (χ2v) is 6.30. The summed E-state index contributed by atoms with van der Waals surface area (Å²) in [6, 6.07) is 13.7. The van der Waals surface area contributed by atoms with Crippen LogP contribution in [0.4, 0.5) is 5.69 Å². The molecule has 1 saturated heterocycles. The average Bonchev–Trinajstić information content (AvgIpc) is 3.16. The molecule has 0 aromatic heterocycles. The minimum absolute atomic E-state index is 0.0430. The van der Waals surface area contributed by atoms with Gasteiger partial charge < -0.3 is 15.0 Å². The van der Waals surface area contributed by atoms with E-state index in [0.717, 1.165) is 25.9 Å². The first-order valence-corrected chi connectivity index (χ1v) is 8.57. The molecule has 25 heavy (non-hydrogen) atoms. The molecule has 0 aliphatic carbocycles. The van der Waals surface area contributed by atoms with Crippen LogP contribution in [-0.4, -0.2) is 36.4 Å². The normalized spacial score (nSPS) is 13.6. The highest BCUT2D eigenvalue weighted by molar-refractivity contribution is 6.30. The quantitative estimate of drug-likeness (QED) is 0.888. The molecule has 1 N–H and O–H groups in total. The first-order valence-electron chi connectivity index (χ1n) is 8.19. The third kappa shape index (κ3) is 4.73. The molecule has 2 aromatic carbocycles. The van der Waals surface area contributed by atoms with Crippen LogP contribution >= 0.6 is 11.6 Å². The van der Waals surface area contributed by atoms with Gasteiger partial charge in [0.15, 0.2) is 6.61 Å². The van der Waals surface area contributed by atoms with E-state index in [1.807, 2.05) is 4.90 Å². The zero-order valence-electron chi connectivity index (χ0n) is 13.7. The maximum absolute atomic E-state index is 12.3. The number of hydrogen-bond donors (Lipinski definition) is 1. The van der Waals surface area contributed by atoms with Crippen LogP contribution in [0.2, 0.25) is 5.02 Å². The number of nitrogens with one attached hydrogen (secondary N) is 1. The molecule has 1 aliphatic rings. The number of benzene rings is 2. The Labute approximate surface area is 151 Å². The Balaban J connectivity index is 1.51. The fraction of sp³-hybridized carbons (Fsp3) is 0.263. The van der Waals surface area contributed by atoms with Crippen LogP contribution in [0.3, 0.4) is 0 Å². The lowest BCUT2D eigenvalue weighted by Crippen LogP contribution is -2.27. The van der Waals surface area contributed by atoms with Crippen molar-refractivity contribution in [1.29, 1.82) is 0 Å². The number of carbonyl (C=O) groups excluding carboxylic acids is 2. The predicted molar refractivity (Wildman–Crippen MR) is 97.2 cm³/mol. The van der Waals surface area contributed by atoms with E-state index in [1.165, 1.54) is 0 Å². The van der Waals surface area contributed by atoms with Gasteiger partial charge in [-0.05, 0) is 61.4 Å². The summed E-state index contributed by atoms with van der Waals surface area (Å²) in [6.07, 6.45) is 2.13. The van der Waals surface area contributed by atoms with Gasteiger partial charge in [-0.1, -0.05) is 11.6 Å². The summed E-state index contributed by atoms with van der Waals surface area (Å²) in [5.41, 5.74) is 1.26. The van der Waals surface area contributed by atoms with Crippen molar-refractivity contribution in [2.24, 2.45) is 0 Å². The van der Waals surface area contributed by atoms with Crippen molar-refractivity contribution in [2.45, 2.75) is 12.8 Å². The van der Waals surface area contributed by atoms with E-state index in [2.05, 4.69) is 5.32 Å². The van der Waals surface area contributed by atoms with Crippen molar-refractivity contribution >= 4 is 29.1 Å². The third-order valence-corrected chi connectivity index (χ3v) is 4.24. The van der Waals surface area contributed by atoms with Gasteiger partial charge in [-0.3, -0.25) is 9.59 Å². The Morgan fingerprint density at radius 1 is 1.00 bits per heavy atom. The molecule has 0 atom stereocenters. The fourth-order valence-electron chi connectivity index (χ4n) is 2.68. The zero-order valence-corrected chi connectivity index (χ0v) is 14.5. The largest absolute Gasteiger partial charge is 0.484 e. The smallest absolute Gasteiger partial charge is 0.262 e. The van der Waals surface area contributed by atoms with Crippen LogP contribution in [0.1, 0.15) is 23.2 Å². The molecule has 130 valence electrons. The number of carbonyl (C=O) groups is 2. The number of amides is 2. The minimum atomic E-state index is -0.270. The molecule has 6 heteroatoms. The summed E-state index contributed by atoms with van der Waals surface area (Å²) in [4.78, 5) is 26.1. The summed E-state index contributed by atoms with van der Waals surface area (Å²) < 4.78 is 5.39. The van der Waals surface area contributed by atoms with Crippen LogP contribution in [-0.2, 0) is 4.79 Å².